The summed E-state index contributed by atoms with van der Waals surface area (Å²) in [5, 5.41) is 0.458. The van der Waals surface area contributed by atoms with E-state index in [-0.39, 0.29) is 10.3 Å². The van der Waals surface area contributed by atoms with Gasteiger partial charge in [0.05, 0.1) is 12.2 Å². The van der Waals surface area contributed by atoms with Gasteiger partial charge in [0.2, 0.25) is 0 Å². The Labute approximate surface area is 148 Å². The van der Waals surface area contributed by atoms with Gasteiger partial charge >= 0.3 is 0 Å². The van der Waals surface area contributed by atoms with Crippen LogP contribution in [0, 0.1) is 0 Å². The first-order chi connectivity index (χ1) is 11.1. The summed E-state index contributed by atoms with van der Waals surface area (Å²) in [6, 6.07) is 16.7. The summed E-state index contributed by atoms with van der Waals surface area (Å²) in [7, 11) is 0. The molecule has 0 N–H and O–H groups in total. The van der Waals surface area contributed by atoms with Gasteiger partial charge in [0.1, 0.15) is 0 Å². The fourth-order valence-corrected chi connectivity index (χ4v) is 3.08. The van der Waals surface area contributed by atoms with Crippen molar-refractivity contribution < 1.29 is 0 Å². The van der Waals surface area contributed by atoms with Gasteiger partial charge in [-0.1, -0.05) is 83.3 Å². The Morgan fingerprint density at radius 2 is 1.52 bits per heavy atom. The van der Waals surface area contributed by atoms with E-state index in [0.717, 1.165) is 5.56 Å². The van der Waals surface area contributed by atoms with E-state index in [2.05, 4.69) is 4.98 Å². The number of rotatable bonds is 3. The molecule has 3 aromatic rings. The van der Waals surface area contributed by atoms with Crippen molar-refractivity contribution >= 4 is 34.8 Å². The molecule has 1 aromatic heterocycles. The van der Waals surface area contributed by atoms with Gasteiger partial charge in [-0.15, -0.1) is 0 Å². The molecule has 23 heavy (non-hydrogen) atoms. The van der Waals surface area contributed by atoms with Gasteiger partial charge in [-0.2, -0.15) is 0 Å². The summed E-state index contributed by atoms with van der Waals surface area (Å²) in [5.74, 6) is 0. The molecule has 0 saturated carbocycles. The Bertz CT molecular complexity index is 907. The molecule has 3 nitrogen and oxygen atoms in total. The quantitative estimate of drug-likeness (QED) is 0.660. The average Bonchev–Trinajstić information content (AvgIpc) is 2.55. The first kappa shape index (κ1) is 16.1. The Morgan fingerprint density at radius 1 is 0.870 bits per heavy atom. The van der Waals surface area contributed by atoms with Crippen LogP contribution < -0.4 is 5.56 Å². The van der Waals surface area contributed by atoms with E-state index in [0.29, 0.717) is 22.8 Å². The van der Waals surface area contributed by atoms with Crippen molar-refractivity contribution in [3.8, 4) is 11.3 Å². The number of halogens is 3. The smallest absolute Gasteiger partial charge is 0.289 e. The van der Waals surface area contributed by atoms with Crippen molar-refractivity contribution in [1.82, 2.24) is 9.55 Å². The Balaban J connectivity index is 2.25. The molecule has 0 aliphatic carbocycles. The lowest BCUT2D eigenvalue weighted by Gasteiger charge is -2.15. The van der Waals surface area contributed by atoms with Crippen LogP contribution in [0.5, 0.6) is 0 Å². The van der Waals surface area contributed by atoms with Crippen LogP contribution in [-0.2, 0) is 6.54 Å². The number of nitrogens with zero attached hydrogens (tertiary/aromatic N) is 2. The number of hydrogen-bond acceptors (Lipinski definition) is 2. The van der Waals surface area contributed by atoms with Gasteiger partial charge < -0.3 is 0 Å². The summed E-state index contributed by atoms with van der Waals surface area (Å²) < 4.78 is 1.49. The van der Waals surface area contributed by atoms with Crippen LogP contribution in [0.15, 0.2) is 59.4 Å². The van der Waals surface area contributed by atoms with Crippen molar-refractivity contribution in [2.45, 2.75) is 6.54 Å². The van der Waals surface area contributed by atoms with E-state index < -0.39 is 5.56 Å². The molecule has 0 atom stereocenters. The fourth-order valence-electron chi connectivity index (χ4n) is 2.34. The van der Waals surface area contributed by atoms with Crippen LogP contribution in [0.2, 0.25) is 15.3 Å². The third-order valence-corrected chi connectivity index (χ3v) is 4.24. The lowest BCUT2D eigenvalue weighted by atomic mass is 10.1. The predicted octanol–water partition coefficient (Wildman–Crippen LogP) is 4.92. The maximum Gasteiger partial charge on any atom is 0.289 e. The van der Waals surface area contributed by atoms with Gasteiger partial charge in [0, 0.05) is 10.6 Å². The van der Waals surface area contributed by atoms with Crippen LogP contribution in [0.3, 0.4) is 0 Å². The van der Waals surface area contributed by atoms with Crippen LogP contribution in [0.1, 0.15) is 5.56 Å². The Morgan fingerprint density at radius 3 is 2.22 bits per heavy atom. The molecule has 0 radical (unpaired) electrons. The minimum atomic E-state index is -0.408. The second-order valence-corrected chi connectivity index (χ2v) is 6.02. The SMILES string of the molecule is O=c1c(Cl)nc(Cl)c(-c2ccccc2Cl)n1Cc1ccccc1. The molecule has 6 heteroatoms. The van der Waals surface area contributed by atoms with E-state index in [1.807, 2.05) is 42.5 Å². The van der Waals surface area contributed by atoms with Crippen LogP contribution >= 0.6 is 34.8 Å². The first-order valence-corrected chi connectivity index (χ1v) is 7.96. The molecule has 0 saturated heterocycles. The summed E-state index contributed by atoms with van der Waals surface area (Å²) in [6.07, 6.45) is 0. The number of benzene rings is 2. The second-order valence-electron chi connectivity index (χ2n) is 4.90. The third kappa shape index (κ3) is 3.27. The summed E-state index contributed by atoms with van der Waals surface area (Å²) >= 11 is 18.5. The van der Waals surface area contributed by atoms with E-state index in [1.54, 1.807) is 12.1 Å². The van der Waals surface area contributed by atoms with Crippen LogP contribution in [0.4, 0.5) is 0 Å². The van der Waals surface area contributed by atoms with Crippen molar-refractivity contribution in [3.05, 3.63) is 85.8 Å². The molecule has 0 amide bonds. The zero-order chi connectivity index (χ0) is 16.4. The summed E-state index contributed by atoms with van der Waals surface area (Å²) in [5.41, 5.74) is 1.63. The van der Waals surface area contributed by atoms with Gasteiger partial charge in [-0.25, -0.2) is 4.98 Å². The molecule has 0 unspecified atom stereocenters. The predicted molar refractivity (Wildman–Crippen MR) is 94.5 cm³/mol. The summed E-state index contributed by atoms with van der Waals surface area (Å²) in [6.45, 7) is 0.322. The molecule has 2 aromatic carbocycles. The molecule has 0 spiro atoms. The highest BCUT2D eigenvalue weighted by Crippen LogP contribution is 2.32. The largest absolute Gasteiger partial charge is 0.298 e. The highest BCUT2D eigenvalue weighted by atomic mass is 35.5. The highest BCUT2D eigenvalue weighted by molar-refractivity contribution is 6.36. The molecule has 0 aliphatic heterocycles. The van der Waals surface area contributed by atoms with E-state index in [4.69, 9.17) is 34.8 Å². The lowest BCUT2D eigenvalue weighted by molar-refractivity contribution is 0.758. The molecular weight excluding hydrogens is 355 g/mol. The molecule has 116 valence electrons. The number of aromatic nitrogens is 2. The van der Waals surface area contributed by atoms with E-state index >= 15 is 0 Å². The minimum absolute atomic E-state index is 0.138. The normalized spacial score (nSPS) is 10.7. The molecule has 3 rings (SSSR count). The van der Waals surface area contributed by atoms with E-state index in [1.165, 1.54) is 4.57 Å². The van der Waals surface area contributed by atoms with Crippen molar-refractivity contribution in [3.63, 3.8) is 0 Å². The average molecular weight is 366 g/mol. The summed E-state index contributed by atoms with van der Waals surface area (Å²) in [4.78, 5) is 16.4. The maximum atomic E-state index is 12.5. The lowest BCUT2D eigenvalue weighted by Crippen LogP contribution is -2.24. The standard InChI is InChI=1S/C17H11Cl3N2O/c18-13-9-5-4-8-12(13)14-15(19)21-16(20)17(23)22(14)10-11-6-2-1-3-7-11/h1-9H,10H2. The molecule has 0 bridgehead atoms. The topological polar surface area (TPSA) is 34.9 Å². The molecule has 0 fully saturated rings. The monoisotopic (exact) mass is 364 g/mol. The molecule has 0 aliphatic rings. The Kier molecular flexibility index (Phi) is 4.71. The van der Waals surface area contributed by atoms with Gasteiger partial charge in [-0.05, 0) is 11.6 Å². The van der Waals surface area contributed by atoms with Crippen molar-refractivity contribution in [1.29, 1.82) is 0 Å². The maximum absolute atomic E-state index is 12.5. The Hall–Kier alpha value is -1.81. The van der Waals surface area contributed by atoms with Crippen molar-refractivity contribution in [2.24, 2.45) is 0 Å². The third-order valence-electron chi connectivity index (χ3n) is 3.40. The van der Waals surface area contributed by atoms with Crippen molar-refractivity contribution in [2.75, 3.05) is 0 Å². The fraction of sp³-hybridized carbons (Fsp3) is 0.0588. The molecular formula is C17H11Cl3N2O. The van der Waals surface area contributed by atoms with Gasteiger partial charge in [-0.3, -0.25) is 9.36 Å². The zero-order valence-corrected chi connectivity index (χ0v) is 14.1. The number of hydrogen-bond donors (Lipinski definition) is 0. The minimum Gasteiger partial charge on any atom is -0.298 e. The van der Waals surface area contributed by atoms with Gasteiger partial charge in [0.15, 0.2) is 10.3 Å². The highest BCUT2D eigenvalue weighted by Gasteiger charge is 2.18. The van der Waals surface area contributed by atoms with Crippen LogP contribution in [-0.4, -0.2) is 9.55 Å². The zero-order valence-electron chi connectivity index (χ0n) is 11.8. The second kappa shape index (κ2) is 6.75. The molecule has 1 heterocycles. The van der Waals surface area contributed by atoms with Gasteiger partial charge in [0.25, 0.3) is 5.56 Å². The van der Waals surface area contributed by atoms with E-state index in [9.17, 15) is 4.79 Å². The van der Waals surface area contributed by atoms with Crippen LogP contribution in [0.25, 0.3) is 11.3 Å². The first-order valence-electron chi connectivity index (χ1n) is 6.82.